The van der Waals surface area contributed by atoms with Crippen LogP contribution in [-0.4, -0.2) is 32.0 Å². The highest BCUT2D eigenvalue weighted by molar-refractivity contribution is 9.10. The minimum absolute atomic E-state index is 0. The van der Waals surface area contributed by atoms with E-state index in [-0.39, 0.29) is 30.6 Å². The van der Waals surface area contributed by atoms with Crippen LogP contribution >= 0.6 is 28.3 Å². The summed E-state index contributed by atoms with van der Waals surface area (Å²) in [5.74, 6) is -0.165. The third kappa shape index (κ3) is 8.14. The lowest BCUT2D eigenvalue weighted by atomic mass is 10.3. The summed E-state index contributed by atoms with van der Waals surface area (Å²) in [6.45, 7) is 0.988. The number of anilines is 1. The minimum Gasteiger partial charge on any atom is -0.356 e. The lowest BCUT2D eigenvalue weighted by Gasteiger charge is -2.06. The highest BCUT2D eigenvalue weighted by Gasteiger charge is 2.04. The molecule has 7 heteroatoms. The maximum absolute atomic E-state index is 11.6. The summed E-state index contributed by atoms with van der Waals surface area (Å²) in [5, 5.41) is 8.35. The van der Waals surface area contributed by atoms with Gasteiger partial charge in [-0.25, -0.2) is 0 Å². The number of benzene rings is 1. The van der Waals surface area contributed by atoms with E-state index >= 15 is 0 Å². The van der Waals surface area contributed by atoms with Crippen molar-refractivity contribution in [2.24, 2.45) is 0 Å². The first-order valence-corrected chi connectivity index (χ1v) is 6.88. The van der Waals surface area contributed by atoms with Crippen molar-refractivity contribution in [3.63, 3.8) is 0 Å². The summed E-state index contributed by atoms with van der Waals surface area (Å²) >= 11 is 3.32. The van der Waals surface area contributed by atoms with Crippen molar-refractivity contribution >= 4 is 45.8 Å². The van der Waals surface area contributed by atoms with Gasteiger partial charge in [-0.05, 0) is 31.3 Å². The molecule has 0 aromatic heterocycles. The molecule has 0 radical (unpaired) electrons. The zero-order chi connectivity index (χ0) is 14.1. The molecule has 0 unspecified atom stereocenters. The first-order valence-electron chi connectivity index (χ1n) is 6.08. The van der Waals surface area contributed by atoms with Crippen molar-refractivity contribution in [2.75, 3.05) is 25.5 Å². The van der Waals surface area contributed by atoms with Gasteiger partial charge in [0.05, 0.1) is 0 Å². The van der Waals surface area contributed by atoms with Crippen LogP contribution in [0, 0.1) is 0 Å². The largest absolute Gasteiger partial charge is 0.356 e. The van der Waals surface area contributed by atoms with Gasteiger partial charge in [-0.2, -0.15) is 0 Å². The van der Waals surface area contributed by atoms with Crippen molar-refractivity contribution in [1.82, 2.24) is 10.6 Å². The van der Waals surface area contributed by atoms with Crippen LogP contribution in [0.2, 0.25) is 0 Å². The summed E-state index contributed by atoms with van der Waals surface area (Å²) in [7, 11) is 1.79. The normalized spacial score (nSPS) is 9.50. The smallest absolute Gasteiger partial charge is 0.226 e. The molecular formula is C13H19BrClN3O2. The lowest BCUT2D eigenvalue weighted by molar-refractivity contribution is -0.121. The molecule has 20 heavy (non-hydrogen) atoms. The highest BCUT2D eigenvalue weighted by atomic mass is 79.9. The van der Waals surface area contributed by atoms with E-state index in [2.05, 4.69) is 31.9 Å². The Labute approximate surface area is 133 Å². The average molecular weight is 365 g/mol. The predicted octanol–water partition coefficient (Wildman–Crippen LogP) is 1.93. The maximum Gasteiger partial charge on any atom is 0.226 e. The molecule has 0 fully saturated rings. The number of halogens is 2. The summed E-state index contributed by atoms with van der Waals surface area (Å²) in [5.41, 5.74) is 0.745. The molecule has 0 spiro atoms. The van der Waals surface area contributed by atoms with Crippen LogP contribution in [0.15, 0.2) is 28.7 Å². The fourth-order valence-electron chi connectivity index (χ4n) is 1.40. The number of carbonyl (C=O) groups is 2. The second kappa shape index (κ2) is 10.7. The van der Waals surface area contributed by atoms with Gasteiger partial charge in [0.2, 0.25) is 11.8 Å². The van der Waals surface area contributed by atoms with E-state index in [1.165, 1.54) is 0 Å². The standard InChI is InChI=1S/C13H18BrN3O2.ClH/c1-15-8-6-12(18)16-9-7-13(19)17-11-4-2-10(14)3-5-11;/h2-5,15H,6-9H2,1H3,(H,16,18)(H,17,19);1H. The van der Waals surface area contributed by atoms with Crippen LogP contribution in [0.5, 0.6) is 0 Å². The Bertz CT molecular complexity index is 426. The van der Waals surface area contributed by atoms with Gasteiger partial charge in [0.25, 0.3) is 0 Å². The third-order valence-electron chi connectivity index (χ3n) is 2.40. The second-order valence-electron chi connectivity index (χ2n) is 4.01. The molecule has 1 aromatic rings. The molecule has 0 heterocycles. The number of hydrogen-bond donors (Lipinski definition) is 3. The molecule has 0 aliphatic carbocycles. The predicted molar refractivity (Wildman–Crippen MR) is 86.2 cm³/mol. The Kier molecular flexibility index (Phi) is 10.1. The zero-order valence-corrected chi connectivity index (χ0v) is 13.6. The van der Waals surface area contributed by atoms with Gasteiger partial charge >= 0.3 is 0 Å². The molecule has 3 N–H and O–H groups in total. The Hall–Kier alpha value is -1.11. The minimum atomic E-state index is -0.115. The van der Waals surface area contributed by atoms with Gasteiger partial charge in [0, 0.05) is 36.1 Å². The van der Waals surface area contributed by atoms with Crippen LogP contribution in [0.4, 0.5) is 5.69 Å². The summed E-state index contributed by atoms with van der Waals surface area (Å²) in [4.78, 5) is 22.9. The first kappa shape index (κ1) is 18.9. The van der Waals surface area contributed by atoms with Crippen molar-refractivity contribution in [1.29, 1.82) is 0 Å². The first-order chi connectivity index (χ1) is 9.11. The Balaban J connectivity index is 0.00000361. The van der Waals surface area contributed by atoms with Gasteiger partial charge in [-0.1, -0.05) is 15.9 Å². The molecule has 0 aliphatic rings. The van der Waals surface area contributed by atoms with Gasteiger partial charge in [-0.15, -0.1) is 12.4 Å². The van der Waals surface area contributed by atoms with E-state index in [1.807, 2.05) is 24.3 Å². The summed E-state index contributed by atoms with van der Waals surface area (Å²) in [6.07, 6.45) is 0.687. The zero-order valence-electron chi connectivity index (χ0n) is 11.2. The number of carbonyl (C=O) groups excluding carboxylic acids is 2. The van der Waals surface area contributed by atoms with Crippen LogP contribution < -0.4 is 16.0 Å². The quantitative estimate of drug-likeness (QED) is 0.692. The molecule has 112 valence electrons. The Morgan fingerprint density at radius 3 is 2.25 bits per heavy atom. The third-order valence-corrected chi connectivity index (χ3v) is 2.93. The van der Waals surface area contributed by atoms with Gasteiger partial charge in [0.15, 0.2) is 0 Å². The Morgan fingerprint density at radius 1 is 1.05 bits per heavy atom. The van der Waals surface area contributed by atoms with E-state index in [4.69, 9.17) is 0 Å². The maximum atomic E-state index is 11.6. The van der Waals surface area contributed by atoms with Crippen molar-refractivity contribution in [3.8, 4) is 0 Å². The number of rotatable bonds is 7. The Morgan fingerprint density at radius 2 is 1.65 bits per heavy atom. The SMILES string of the molecule is CNCCC(=O)NCCC(=O)Nc1ccc(Br)cc1.Cl. The van der Waals surface area contributed by atoms with Crippen LogP contribution in [0.25, 0.3) is 0 Å². The van der Waals surface area contributed by atoms with Gasteiger partial charge < -0.3 is 16.0 Å². The molecule has 2 amide bonds. The summed E-state index contributed by atoms with van der Waals surface area (Å²) in [6, 6.07) is 7.34. The van der Waals surface area contributed by atoms with Crippen LogP contribution in [-0.2, 0) is 9.59 Å². The molecule has 5 nitrogen and oxygen atoms in total. The van der Waals surface area contributed by atoms with E-state index in [0.717, 1.165) is 10.2 Å². The number of amides is 2. The molecule has 1 rings (SSSR count). The number of nitrogens with one attached hydrogen (secondary N) is 3. The number of hydrogen-bond acceptors (Lipinski definition) is 3. The van der Waals surface area contributed by atoms with Crippen LogP contribution in [0.1, 0.15) is 12.8 Å². The summed E-state index contributed by atoms with van der Waals surface area (Å²) < 4.78 is 0.960. The fraction of sp³-hybridized carbons (Fsp3) is 0.385. The molecule has 0 bridgehead atoms. The molecule has 1 aromatic carbocycles. The second-order valence-corrected chi connectivity index (χ2v) is 4.92. The molecule has 0 saturated heterocycles. The average Bonchev–Trinajstić information content (AvgIpc) is 2.39. The molecule has 0 saturated carbocycles. The molecular weight excluding hydrogens is 346 g/mol. The highest BCUT2D eigenvalue weighted by Crippen LogP contribution is 2.14. The van der Waals surface area contributed by atoms with Crippen molar-refractivity contribution in [2.45, 2.75) is 12.8 Å². The van der Waals surface area contributed by atoms with Gasteiger partial charge in [0.1, 0.15) is 0 Å². The van der Waals surface area contributed by atoms with E-state index in [0.29, 0.717) is 19.5 Å². The lowest BCUT2D eigenvalue weighted by Crippen LogP contribution is -2.29. The van der Waals surface area contributed by atoms with Crippen molar-refractivity contribution < 1.29 is 9.59 Å². The topological polar surface area (TPSA) is 70.2 Å². The van der Waals surface area contributed by atoms with E-state index in [1.54, 1.807) is 7.05 Å². The van der Waals surface area contributed by atoms with Gasteiger partial charge in [-0.3, -0.25) is 9.59 Å². The fourth-order valence-corrected chi connectivity index (χ4v) is 1.66. The van der Waals surface area contributed by atoms with E-state index in [9.17, 15) is 9.59 Å². The molecule has 0 aliphatic heterocycles. The van der Waals surface area contributed by atoms with Crippen molar-refractivity contribution in [3.05, 3.63) is 28.7 Å². The monoisotopic (exact) mass is 363 g/mol. The van der Waals surface area contributed by atoms with E-state index < -0.39 is 0 Å². The van der Waals surface area contributed by atoms with Crippen LogP contribution in [0.3, 0.4) is 0 Å². The molecule has 0 atom stereocenters.